The maximum absolute atomic E-state index is 8.78. The molecule has 90 valence electrons. The average molecular weight is 230 g/mol. The molecule has 0 unspecified atom stereocenters. The van der Waals surface area contributed by atoms with Crippen molar-refractivity contribution in [3.05, 3.63) is 29.8 Å². The lowest BCUT2D eigenvalue weighted by Gasteiger charge is -2.23. The summed E-state index contributed by atoms with van der Waals surface area (Å²) in [5.41, 5.74) is 0.651. The Morgan fingerprint density at radius 1 is 1.41 bits per heavy atom. The van der Waals surface area contributed by atoms with Crippen molar-refractivity contribution < 1.29 is 4.74 Å². The normalized spacial score (nSPS) is 19.6. The second-order valence-corrected chi connectivity index (χ2v) is 4.42. The lowest BCUT2D eigenvalue weighted by molar-refractivity contribution is 0.268. The third-order valence-corrected chi connectivity index (χ3v) is 3.11. The number of hydrogen-bond acceptors (Lipinski definition) is 3. The Labute approximate surface area is 102 Å². The highest BCUT2D eigenvalue weighted by atomic mass is 16.5. The summed E-state index contributed by atoms with van der Waals surface area (Å²) in [5.74, 6) is 0.792. The van der Waals surface area contributed by atoms with Gasteiger partial charge in [0.1, 0.15) is 5.75 Å². The van der Waals surface area contributed by atoms with Crippen LogP contribution in [0.2, 0.25) is 0 Å². The number of nitriles is 1. The molecule has 1 atom stereocenters. The van der Waals surface area contributed by atoms with Gasteiger partial charge in [-0.25, -0.2) is 0 Å². The van der Waals surface area contributed by atoms with E-state index in [2.05, 4.69) is 11.4 Å². The smallest absolute Gasteiger partial charge is 0.120 e. The summed E-state index contributed by atoms with van der Waals surface area (Å²) >= 11 is 0. The lowest BCUT2D eigenvalue weighted by Crippen LogP contribution is -2.35. The molecule has 0 spiro atoms. The van der Waals surface area contributed by atoms with Crippen molar-refractivity contribution in [3.8, 4) is 11.8 Å². The molecule has 0 radical (unpaired) electrons. The van der Waals surface area contributed by atoms with Crippen molar-refractivity contribution in [1.82, 2.24) is 5.32 Å². The predicted octanol–water partition coefficient (Wildman–Crippen LogP) is 2.47. The molecule has 0 aromatic heterocycles. The minimum atomic E-state index is 0.600. The fourth-order valence-corrected chi connectivity index (χ4v) is 2.14. The fraction of sp³-hybridized carbons (Fsp3) is 0.500. The van der Waals surface area contributed by atoms with Crippen LogP contribution in [0.15, 0.2) is 24.3 Å². The first kappa shape index (κ1) is 11.9. The third-order valence-electron chi connectivity index (χ3n) is 3.11. The monoisotopic (exact) mass is 230 g/mol. The maximum atomic E-state index is 8.78. The first-order valence-corrected chi connectivity index (χ1v) is 6.25. The highest BCUT2D eigenvalue weighted by Crippen LogP contribution is 2.14. The van der Waals surface area contributed by atoms with E-state index in [4.69, 9.17) is 10.00 Å². The van der Waals surface area contributed by atoms with Gasteiger partial charge in [-0.2, -0.15) is 5.26 Å². The molecule has 3 heteroatoms. The predicted molar refractivity (Wildman–Crippen MR) is 66.9 cm³/mol. The lowest BCUT2D eigenvalue weighted by atomic mass is 10.0. The molecule has 0 bridgehead atoms. The van der Waals surface area contributed by atoms with Crippen molar-refractivity contribution in [3.63, 3.8) is 0 Å². The Balaban J connectivity index is 1.75. The molecule has 1 aromatic carbocycles. The van der Waals surface area contributed by atoms with E-state index in [-0.39, 0.29) is 0 Å². The zero-order chi connectivity index (χ0) is 11.9. The topological polar surface area (TPSA) is 45.0 Å². The number of ether oxygens (including phenoxy) is 1. The van der Waals surface area contributed by atoms with Crippen LogP contribution in [0.4, 0.5) is 0 Å². The molecule has 0 aliphatic carbocycles. The quantitative estimate of drug-likeness (QED) is 0.864. The molecule has 1 aliphatic rings. The number of benzene rings is 1. The molecular formula is C14H18N2O. The van der Waals surface area contributed by atoms with Crippen LogP contribution in [0.3, 0.4) is 0 Å². The zero-order valence-electron chi connectivity index (χ0n) is 9.98. The largest absolute Gasteiger partial charge is 0.493 e. The summed E-state index contributed by atoms with van der Waals surface area (Å²) in [6.45, 7) is 1.85. The van der Waals surface area contributed by atoms with Crippen molar-refractivity contribution in [2.24, 2.45) is 0 Å². The summed E-state index contributed by atoms with van der Waals surface area (Å²) < 4.78 is 5.66. The van der Waals surface area contributed by atoms with E-state index in [1.807, 2.05) is 12.1 Å². The SMILES string of the molecule is N#Cc1cccc(OCC[C@@H]2CCCCN2)c1. The highest BCUT2D eigenvalue weighted by Gasteiger charge is 2.11. The summed E-state index contributed by atoms with van der Waals surface area (Å²) in [5, 5.41) is 12.3. The van der Waals surface area contributed by atoms with Crippen molar-refractivity contribution >= 4 is 0 Å². The Bertz CT molecular complexity index is 391. The van der Waals surface area contributed by atoms with E-state index < -0.39 is 0 Å². The molecule has 2 rings (SSSR count). The van der Waals surface area contributed by atoms with Crippen LogP contribution < -0.4 is 10.1 Å². The minimum Gasteiger partial charge on any atom is -0.493 e. The van der Waals surface area contributed by atoms with Gasteiger partial charge in [0.2, 0.25) is 0 Å². The van der Waals surface area contributed by atoms with Crippen LogP contribution in [0.5, 0.6) is 5.75 Å². The molecule has 0 saturated carbocycles. The van der Waals surface area contributed by atoms with Gasteiger partial charge in [-0.1, -0.05) is 12.5 Å². The van der Waals surface area contributed by atoms with Crippen molar-refractivity contribution in [1.29, 1.82) is 5.26 Å². The van der Waals surface area contributed by atoms with E-state index in [1.54, 1.807) is 12.1 Å². The molecule has 3 nitrogen and oxygen atoms in total. The van der Waals surface area contributed by atoms with Gasteiger partial charge in [-0.3, -0.25) is 0 Å². The van der Waals surface area contributed by atoms with Gasteiger partial charge in [-0.05, 0) is 44.0 Å². The Morgan fingerprint density at radius 3 is 3.12 bits per heavy atom. The minimum absolute atomic E-state index is 0.600. The molecule has 1 N–H and O–H groups in total. The Kier molecular flexibility index (Phi) is 4.40. The first-order valence-electron chi connectivity index (χ1n) is 6.25. The van der Waals surface area contributed by atoms with E-state index >= 15 is 0 Å². The van der Waals surface area contributed by atoms with E-state index in [9.17, 15) is 0 Å². The first-order chi connectivity index (χ1) is 8.38. The van der Waals surface area contributed by atoms with Crippen LogP contribution in [-0.2, 0) is 0 Å². The standard InChI is InChI=1S/C14H18N2O/c15-11-12-4-3-6-14(10-12)17-9-7-13-5-1-2-8-16-13/h3-4,6,10,13,16H,1-2,5,7-9H2/t13-/m0/s1. The Hall–Kier alpha value is -1.53. The van der Waals surface area contributed by atoms with Gasteiger partial charge in [0.25, 0.3) is 0 Å². The summed E-state index contributed by atoms with van der Waals surface area (Å²) in [4.78, 5) is 0. The van der Waals surface area contributed by atoms with Crippen LogP contribution in [-0.4, -0.2) is 19.2 Å². The Morgan fingerprint density at radius 2 is 2.35 bits per heavy atom. The van der Waals surface area contributed by atoms with Gasteiger partial charge < -0.3 is 10.1 Å². The molecule has 1 saturated heterocycles. The molecular weight excluding hydrogens is 212 g/mol. The number of nitrogens with one attached hydrogen (secondary N) is 1. The van der Waals surface area contributed by atoms with Crippen LogP contribution >= 0.6 is 0 Å². The van der Waals surface area contributed by atoms with Gasteiger partial charge in [0.05, 0.1) is 18.2 Å². The molecule has 1 aromatic rings. The van der Waals surface area contributed by atoms with E-state index in [0.717, 1.165) is 18.7 Å². The van der Waals surface area contributed by atoms with Gasteiger partial charge >= 0.3 is 0 Å². The van der Waals surface area contributed by atoms with Gasteiger partial charge in [0, 0.05) is 6.04 Å². The van der Waals surface area contributed by atoms with Crippen molar-refractivity contribution in [2.75, 3.05) is 13.2 Å². The molecule has 17 heavy (non-hydrogen) atoms. The fourth-order valence-electron chi connectivity index (χ4n) is 2.14. The van der Waals surface area contributed by atoms with Crippen LogP contribution in [0.1, 0.15) is 31.2 Å². The zero-order valence-corrected chi connectivity index (χ0v) is 9.98. The van der Waals surface area contributed by atoms with E-state index in [1.165, 1.54) is 19.3 Å². The second-order valence-electron chi connectivity index (χ2n) is 4.42. The number of rotatable bonds is 4. The molecule has 0 amide bonds. The van der Waals surface area contributed by atoms with E-state index in [0.29, 0.717) is 18.2 Å². The van der Waals surface area contributed by atoms with Gasteiger partial charge in [-0.15, -0.1) is 0 Å². The summed E-state index contributed by atoms with van der Waals surface area (Å²) in [7, 11) is 0. The number of piperidine rings is 1. The average Bonchev–Trinajstić information content (AvgIpc) is 2.40. The molecule has 1 aliphatic heterocycles. The van der Waals surface area contributed by atoms with Crippen LogP contribution in [0, 0.1) is 11.3 Å². The van der Waals surface area contributed by atoms with Crippen LogP contribution in [0.25, 0.3) is 0 Å². The second kappa shape index (κ2) is 6.27. The highest BCUT2D eigenvalue weighted by molar-refractivity contribution is 5.36. The van der Waals surface area contributed by atoms with Crippen molar-refractivity contribution in [2.45, 2.75) is 31.7 Å². The maximum Gasteiger partial charge on any atom is 0.120 e. The van der Waals surface area contributed by atoms with Gasteiger partial charge in [0.15, 0.2) is 0 Å². The third kappa shape index (κ3) is 3.76. The molecule has 1 fully saturated rings. The summed E-state index contributed by atoms with van der Waals surface area (Å²) in [6.07, 6.45) is 4.90. The summed E-state index contributed by atoms with van der Waals surface area (Å²) in [6, 6.07) is 10.0. The molecule has 1 heterocycles. The number of nitrogens with zero attached hydrogens (tertiary/aromatic N) is 1. The number of hydrogen-bond donors (Lipinski definition) is 1.